The van der Waals surface area contributed by atoms with Crippen LogP contribution in [-0.2, 0) is 51.4 Å². The minimum Gasteiger partial charge on any atom is -0.324 e. The number of aryl methyl sites for hydroxylation is 8. The minimum atomic E-state index is 0.726. The molecule has 11 aromatic rings. The standard InChI is InChI=1S/C80H90N8/c1-9-17-33-57-49-41-25-26-42-50(49)58(34-18-10-2)66-65(57)73-81-74(66)86-76-69-61(37-21-13-5)53-45-29-30-46-54(53)62(38-22-14-6)70(69)78(83-76)88-80-72-64(40-24-16-8)56-48-32-31-47-55(56)63(39-23-15-7)71(72)79(84-80)87-77-68-60(36-20-12-4)52-44-28-27-43-51(52)59(35-19-11-3)67(68)75(82-77)85-73/h25-32,41-48H,9-24,33-40H2,1-8H3,(H2,81,82,83,84,85,86,87,88). The zero-order valence-electron chi connectivity index (χ0n) is 53.9. The normalized spacial score (nSPS) is 12.3. The lowest BCUT2D eigenvalue weighted by Gasteiger charge is -2.18. The van der Waals surface area contributed by atoms with Crippen LogP contribution >= 0.6 is 0 Å². The Bertz CT molecular complexity index is 4060. The van der Waals surface area contributed by atoms with Crippen LogP contribution in [0.4, 0.5) is 0 Å². The van der Waals surface area contributed by atoms with Gasteiger partial charge in [-0.05, 0) is 190 Å². The quantitative estimate of drug-likeness (QED) is 0.0624. The van der Waals surface area contributed by atoms with Crippen molar-refractivity contribution in [3.05, 3.63) is 142 Å². The molecule has 0 saturated carbocycles. The van der Waals surface area contributed by atoms with Crippen LogP contribution in [0.25, 0.3) is 133 Å². The van der Waals surface area contributed by atoms with Crippen LogP contribution in [0.1, 0.15) is 203 Å². The maximum absolute atomic E-state index is 6.10. The molecule has 0 unspecified atom stereocenters. The van der Waals surface area contributed by atoms with Gasteiger partial charge in [-0.2, -0.15) is 0 Å². The monoisotopic (exact) mass is 1160 g/mol. The SMILES string of the molecule is CCCCc1c2c(c(CCCC)c3ccccc13)-c1nc-2nc2[nH]c(nc3nc(nc4[nH]c(n1)c1c(CCCC)c5ccccc5c(CCCC)c41)-c1c-3c(CCCC)c3ccccc3c1CCCC)c1c(CCCC)c3ccccc3c(CCCC)c21. The molecule has 8 aromatic carbocycles. The third kappa shape index (κ3) is 10.3. The molecule has 0 amide bonds. The van der Waals surface area contributed by atoms with Crippen molar-refractivity contribution in [3.8, 4) is 45.6 Å². The minimum absolute atomic E-state index is 0.726. The number of benzene rings is 8. The molecule has 8 nitrogen and oxygen atoms in total. The zero-order valence-corrected chi connectivity index (χ0v) is 53.9. The van der Waals surface area contributed by atoms with Crippen LogP contribution in [0.2, 0.25) is 0 Å². The van der Waals surface area contributed by atoms with Gasteiger partial charge in [0.15, 0.2) is 23.3 Å². The van der Waals surface area contributed by atoms with Gasteiger partial charge in [-0.1, -0.05) is 204 Å². The average Bonchev–Trinajstić information content (AvgIpc) is 2.73. The van der Waals surface area contributed by atoms with E-state index in [1.807, 2.05) is 0 Å². The number of fused-ring (bicyclic) bond motifs is 24. The van der Waals surface area contributed by atoms with Gasteiger partial charge >= 0.3 is 0 Å². The van der Waals surface area contributed by atoms with E-state index in [0.29, 0.717) is 0 Å². The van der Waals surface area contributed by atoms with Crippen LogP contribution < -0.4 is 0 Å². The molecule has 0 fully saturated rings. The molecule has 0 aliphatic carbocycles. The van der Waals surface area contributed by atoms with Gasteiger partial charge in [-0.25, -0.2) is 29.9 Å². The molecule has 0 spiro atoms. The van der Waals surface area contributed by atoms with Crippen molar-refractivity contribution in [1.29, 1.82) is 0 Å². The fraction of sp³-hybridized carbons (Fsp3) is 0.400. The van der Waals surface area contributed by atoms with Crippen LogP contribution in [-0.4, -0.2) is 39.9 Å². The summed E-state index contributed by atoms with van der Waals surface area (Å²) in [5, 5.41) is 15.1. The van der Waals surface area contributed by atoms with E-state index in [4.69, 9.17) is 29.9 Å². The molecule has 0 radical (unpaired) electrons. The predicted octanol–water partition coefficient (Wildman–Crippen LogP) is 22.2. The van der Waals surface area contributed by atoms with Gasteiger partial charge in [0, 0.05) is 43.8 Å². The molecular weight excluding hydrogens is 1070 g/mol. The van der Waals surface area contributed by atoms with Crippen LogP contribution in [0, 0.1) is 0 Å². The summed E-state index contributed by atoms with van der Waals surface area (Å²) < 4.78 is 0. The molecule has 2 aliphatic rings. The molecule has 8 heteroatoms. The molecule has 0 atom stereocenters. The van der Waals surface area contributed by atoms with Gasteiger partial charge in [-0.15, -0.1) is 0 Å². The molecule has 450 valence electrons. The summed E-state index contributed by atoms with van der Waals surface area (Å²) >= 11 is 0. The van der Waals surface area contributed by atoms with Crippen molar-refractivity contribution in [3.63, 3.8) is 0 Å². The van der Waals surface area contributed by atoms with Crippen molar-refractivity contribution in [2.45, 2.75) is 209 Å². The number of hydrogen-bond donors (Lipinski definition) is 2. The Morgan fingerprint density at radius 1 is 0.227 bits per heavy atom. The Morgan fingerprint density at radius 2 is 0.398 bits per heavy atom. The number of nitrogens with zero attached hydrogens (tertiary/aromatic N) is 6. The second kappa shape index (κ2) is 26.1. The smallest absolute Gasteiger partial charge is 0.165 e. The molecule has 3 aromatic heterocycles. The largest absolute Gasteiger partial charge is 0.324 e. The number of rotatable bonds is 24. The number of H-pyrrole nitrogens is 2. The number of unbranched alkanes of at least 4 members (excludes halogenated alkanes) is 8. The first-order valence-electron chi connectivity index (χ1n) is 34.5. The van der Waals surface area contributed by atoms with Gasteiger partial charge in [0.25, 0.3) is 0 Å². The maximum atomic E-state index is 6.10. The fourth-order valence-electron chi connectivity index (χ4n) is 15.2. The van der Waals surface area contributed by atoms with Gasteiger partial charge in [0.2, 0.25) is 0 Å². The van der Waals surface area contributed by atoms with Gasteiger partial charge < -0.3 is 9.97 Å². The summed E-state index contributed by atoms with van der Waals surface area (Å²) in [7, 11) is 0. The molecule has 2 N–H and O–H groups in total. The van der Waals surface area contributed by atoms with Gasteiger partial charge in [-0.3, -0.25) is 0 Å². The molecular formula is C80H90N8. The molecule has 8 bridgehead atoms. The number of nitrogens with one attached hydrogen (secondary N) is 2. The second-order valence-corrected chi connectivity index (χ2v) is 25.4. The maximum Gasteiger partial charge on any atom is 0.165 e. The Morgan fingerprint density at radius 3 is 0.580 bits per heavy atom. The van der Waals surface area contributed by atoms with E-state index in [2.05, 4.69) is 162 Å². The van der Waals surface area contributed by atoms with Crippen molar-refractivity contribution in [2.24, 2.45) is 0 Å². The fourth-order valence-corrected chi connectivity index (χ4v) is 15.2. The summed E-state index contributed by atoms with van der Waals surface area (Å²) in [6, 6.07) is 36.7. The topological polar surface area (TPSA) is 109 Å². The summed E-state index contributed by atoms with van der Waals surface area (Å²) in [5.41, 5.74) is 18.3. The Hall–Kier alpha value is -7.84. The van der Waals surface area contributed by atoms with E-state index in [1.54, 1.807) is 0 Å². The first-order chi connectivity index (χ1) is 43.4. The molecule has 0 saturated heterocycles. The highest BCUT2D eigenvalue weighted by Crippen LogP contribution is 2.50. The highest BCUT2D eigenvalue weighted by molar-refractivity contribution is 6.19. The van der Waals surface area contributed by atoms with Crippen LogP contribution in [0.15, 0.2) is 97.1 Å². The molecule has 88 heavy (non-hydrogen) atoms. The van der Waals surface area contributed by atoms with Crippen molar-refractivity contribution in [2.75, 3.05) is 0 Å². The van der Waals surface area contributed by atoms with E-state index in [0.717, 1.165) is 244 Å². The van der Waals surface area contributed by atoms with Crippen molar-refractivity contribution >= 4 is 87.2 Å². The summed E-state index contributed by atoms with van der Waals surface area (Å²) in [5.74, 6) is 2.90. The second-order valence-electron chi connectivity index (χ2n) is 25.4. The van der Waals surface area contributed by atoms with Crippen LogP contribution in [0.5, 0.6) is 0 Å². The van der Waals surface area contributed by atoms with E-state index in [9.17, 15) is 0 Å². The van der Waals surface area contributed by atoms with Crippen LogP contribution in [0.3, 0.4) is 0 Å². The predicted molar refractivity (Wildman–Crippen MR) is 375 cm³/mol. The first-order valence-corrected chi connectivity index (χ1v) is 34.5. The zero-order chi connectivity index (χ0) is 60.4. The lowest BCUT2D eigenvalue weighted by Crippen LogP contribution is -2.00. The first kappa shape index (κ1) is 59.1. The lowest BCUT2D eigenvalue weighted by atomic mass is 9.85. The van der Waals surface area contributed by atoms with E-state index in [-0.39, 0.29) is 0 Å². The van der Waals surface area contributed by atoms with E-state index in [1.165, 1.54) is 87.6 Å². The number of aromatic amines is 2. The number of aromatic nitrogens is 8. The van der Waals surface area contributed by atoms with Crippen molar-refractivity contribution < 1.29 is 0 Å². The highest BCUT2D eigenvalue weighted by Gasteiger charge is 2.33. The van der Waals surface area contributed by atoms with E-state index < -0.39 is 0 Å². The Kier molecular flexibility index (Phi) is 17.5. The Labute approximate surface area is 520 Å². The summed E-state index contributed by atoms with van der Waals surface area (Å²) in [6.07, 6.45) is 24.3. The van der Waals surface area contributed by atoms with Gasteiger partial charge in [0.05, 0.1) is 0 Å². The molecule has 2 aliphatic heterocycles. The summed E-state index contributed by atoms with van der Waals surface area (Å²) in [4.78, 5) is 44.5. The van der Waals surface area contributed by atoms with Crippen molar-refractivity contribution in [1.82, 2.24) is 39.9 Å². The highest BCUT2D eigenvalue weighted by atomic mass is 15.1. The molecule has 13 rings (SSSR count). The lowest BCUT2D eigenvalue weighted by molar-refractivity contribution is 0.794. The van der Waals surface area contributed by atoms with E-state index >= 15 is 0 Å². The average molecular weight is 1160 g/mol. The van der Waals surface area contributed by atoms with Gasteiger partial charge in [0.1, 0.15) is 22.6 Å². The number of hydrogen-bond acceptors (Lipinski definition) is 6. The third-order valence-electron chi connectivity index (χ3n) is 19.6. The Balaban J connectivity index is 1.34. The third-order valence-corrected chi connectivity index (χ3v) is 19.6. The summed E-state index contributed by atoms with van der Waals surface area (Å²) in [6.45, 7) is 18.5. The molecule has 5 heterocycles.